The highest BCUT2D eigenvalue weighted by Gasteiger charge is 2.10. The van der Waals surface area contributed by atoms with Crippen molar-refractivity contribution in [2.45, 2.75) is 6.92 Å². The first-order valence-electron chi connectivity index (χ1n) is 6.95. The molecule has 1 N–H and O–H groups in total. The van der Waals surface area contributed by atoms with Gasteiger partial charge in [-0.25, -0.2) is 15.0 Å². The van der Waals surface area contributed by atoms with Crippen molar-refractivity contribution in [3.05, 3.63) is 60.4 Å². The first kappa shape index (κ1) is 14.7. The van der Waals surface area contributed by atoms with E-state index in [9.17, 15) is 4.79 Å². The fourth-order valence-electron chi connectivity index (χ4n) is 2.12. The van der Waals surface area contributed by atoms with E-state index in [2.05, 4.69) is 20.3 Å². The van der Waals surface area contributed by atoms with Gasteiger partial charge in [0.2, 0.25) is 0 Å². The summed E-state index contributed by atoms with van der Waals surface area (Å²) in [5.41, 5.74) is 0.489. The number of imidazole rings is 1. The molecule has 3 rings (SSSR count). The molecule has 7 heteroatoms. The first-order valence-corrected chi connectivity index (χ1v) is 6.95. The standard InChI is InChI=1S/C16H15N5O2/c1-11-17-6-7-21(11)15-9-14(18-10-19-15)20-16(22)12-4-3-5-13(8-12)23-2/h3-10H,1-2H3,(H,18,19,20,22). The number of methoxy groups -OCH3 is 1. The second kappa shape index (κ2) is 6.27. The van der Waals surface area contributed by atoms with Gasteiger partial charge in [-0.2, -0.15) is 0 Å². The van der Waals surface area contributed by atoms with E-state index in [1.807, 2.05) is 11.5 Å². The predicted octanol–water partition coefficient (Wildman–Crippen LogP) is 2.23. The third kappa shape index (κ3) is 3.18. The molecule has 0 atom stereocenters. The summed E-state index contributed by atoms with van der Waals surface area (Å²) in [6.07, 6.45) is 4.88. The topological polar surface area (TPSA) is 81.9 Å². The molecule has 0 unspecified atom stereocenters. The van der Waals surface area contributed by atoms with Gasteiger partial charge in [0.25, 0.3) is 5.91 Å². The molecular formula is C16H15N5O2. The van der Waals surface area contributed by atoms with Crippen LogP contribution >= 0.6 is 0 Å². The summed E-state index contributed by atoms with van der Waals surface area (Å²) in [6, 6.07) is 8.60. The molecule has 2 aromatic heterocycles. The lowest BCUT2D eigenvalue weighted by molar-refractivity contribution is 0.102. The highest BCUT2D eigenvalue weighted by molar-refractivity contribution is 6.04. The maximum Gasteiger partial charge on any atom is 0.256 e. The van der Waals surface area contributed by atoms with Crippen molar-refractivity contribution < 1.29 is 9.53 Å². The summed E-state index contributed by atoms with van der Waals surface area (Å²) in [4.78, 5) is 24.7. The Bertz CT molecular complexity index is 844. The van der Waals surface area contributed by atoms with Crippen molar-refractivity contribution in [3.8, 4) is 11.6 Å². The molecule has 2 heterocycles. The van der Waals surface area contributed by atoms with Gasteiger partial charge in [-0.1, -0.05) is 6.07 Å². The van der Waals surface area contributed by atoms with Gasteiger partial charge in [0.15, 0.2) is 0 Å². The van der Waals surface area contributed by atoms with Crippen LogP contribution in [0.5, 0.6) is 5.75 Å². The number of benzene rings is 1. The quantitative estimate of drug-likeness (QED) is 0.799. The average molecular weight is 309 g/mol. The second-order valence-electron chi connectivity index (χ2n) is 4.79. The smallest absolute Gasteiger partial charge is 0.256 e. The summed E-state index contributed by atoms with van der Waals surface area (Å²) >= 11 is 0. The van der Waals surface area contributed by atoms with Crippen LogP contribution < -0.4 is 10.1 Å². The molecule has 0 saturated heterocycles. The van der Waals surface area contributed by atoms with Crippen LogP contribution in [0.4, 0.5) is 5.82 Å². The number of rotatable bonds is 4. The zero-order valence-electron chi connectivity index (χ0n) is 12.7. The van der Waals surface area contributed by atoms with E-state index in [-0.39, 0.29) is 5.91 Å². The minimum absolute atomic E-state index is 0.268. The van der Waals surface area contributed by atoms with E-state index in [0.29, 0.717) is 22.9 Å². The van der Waals surface area contributed by atoms with Gasteiger partial charge in [-0.15, -0.1) is 0 Å². The van der Waals surface area contributed by atoms with E-state index in [1.54, 1.807) is 49.8 Å². The Labute approximate surface area is 133 Å². The Kier molecular flexibility index (Phi) is 4.01. The largest absolute Gasteiger partial charge is 0.497 e. The Morgan fingerprint density at radius 2 is 2.09 bits per heavy atom. The molecule has 1 amide bonds. The van der Waals surface area contributed by atoms with Crippen LogP contribution in [0, 0.1) is 6.92 Å². The van der Waals surface area contributed by atoms with E-state index < -0.39 is 0 Å². The van der Waals surface area contributed by atoms with Gasteiger partial charge >= 0.3 is 0 Å². The lowest BCUT2D eigenvalue weighted by atomic mass is 10.2. The molecule has 116 valence electrons. The molecule has 23 heavy (non-hydrogen) atoms. The van der Waals surface area contributed by atoms with Gasteiger partial charge in [0, 0.05) is 24.0 Å². The number of carbonyl (C=O) groups excluding carboxylic acids is 1. The number of nitrogens with one attached hydrogen (secondary N) is 1. The van der Waals surface area contributed by atoms with Crippen molar-refractivity contribution in [1.82, 2.24) is 19.5 Å². The molecule has 0 aliphatic heterocycles. The number of ether oxygens (including phenoxy) is 1. The zero-order chi connectivity index (χ0) is 16.2. The second-order valence-corrected chi connectivity index (χ2v) is 4.79. The number of nitrogens with zero attached hydrogens (tertiary/aromatic N) is 4. The molecule has 0 spiro atoms. The number of amides is 1. The van der Waals surface area contributed by atoms with E-state index >= 15 is 0 Å². The highest BCUT2D eigenvalue weighted by Crippen LogP contribution is 2.15. The van der Waals surface area contributed by atoms with E-state index in [1.165, 1.54) is 6.33 Å². The number of hydrogen-bond acceptors (Lipinski definition) is 5. The minimum atomic E-state index is -0.268. The third-order valence-electron chi connectivity index (χ3n) is 3.30. The number of anilines is 1. The van der Waals surface area contributed by atoms with Crippen LogP contribution in [-0.2, 0) is 0 Å². The predicted molar refractivity (Wildman–Crippen MR) is 84.8 cm³/mol. The number of carbonyl (C=O) groups is 1. The van der Waals surface area contributed by atoms with E-state index in [0.717, 1.165) is 5.82 Å². The molecule has 0 saturated carbocycles. The van der Waals surface area contributed by atoms with Crippen LogP contribution in [0.25, 0.3) is 5.82 Å². The zero-order valence-corrected chi connectivity index (χ0v) is 12.7. The SMILES string of the molecule is COc1cccc(C(=O)Nc2cc(-n3ccnc3C)ncn2)c1. The molecular weight excluding hydrogens is 294 g/mol. The first-order chi connectivity index (χ1) is 11.2. The molecule has 0 fully saturated rings. The Hall–Kier alpha value is -3.22. The van der Waals surface area contributed by atoms with Crippen molar-refractivity contribution in [2.75, 3.05) is 12.4 Å². The Morgan fingerprint density at radius 1 is 1.22 bits per heavy atom. The van der Waals surface area contributed by atoms with Crippen molar-refractivity contribution in [3.63, 3.8) is 0 Å². The average Bonchev–Trinajstić information content (AvgIpc) is 3.01. The molecule has 0 aliphatic carbocycles. The Morgan fingerprint density at radius 3 is 2.83 bits per heavy atom. The van der Waals surface area contributed by atoms with Gasteiger partial charge in [-0.05, 0) is 25.1 Å². The minimum Gasteiger partial charge on any atom is -0.497 e. The monoisotopic (exact) mass is 309 g/mol. The van der Waals surface area contributed by atoms with Gasteiger partial charge in [0.05, 0.1) is 7.11 Å². The number of hydrogen-bond donors (Lipinski definition) is 1. The molecule has 0 bridgehead atoms. The molecule has 0 aliphatic rings. The molecule has 7 nitrogen and oxygen atoms in total. The van der Waals surface area contributed by atoms with Crippen molar-refractivity contribution in [1.29, 1.82) is 0 Å². The fraction of sp³-hybridized carbons (Fsp3) is 0.125. The van der Waals surface area contributed by atoms with Crippen LogP contribution in [0.15, 0.2) is 49.1 Å². The summed E-state index contributed by atoms with van der Waals surface area (Å²) < 4.78 is 6.93. The molecule has 3 aromatic rings. The number of aryl methyl sites for hydroxylation is 1. The molecule has 1 aromatic carbocycles. The normalized spacial score (nSPS) is 10.3. The van der Waals surface area contributed by atoms with Gasteiger partial charge in [0.1, 0.15) is 29.5 Å². The van der Waals surface area contributed by atoms with Crippen LogP contribution in [0.3, 0.4) is 0 Å². The molecule has 0 radical (unpaired) electrons. The summed E-state index contributed by atoms with van der Waals surface area (Å²) in [5.74, 6) is 2.20. The van der Waals surface area contributed by atoms with Crippen LogP contribution in [-0.4, -0.2) is 32.5 Å². The van der Waals surface area contributed by atoms with Crippen LogP contribution in [0.2, 0.25) is 0 Å². The van der Waals surface area contributed by atoms with E-state index in [4.69, 9.17) is 4.74 Å². The maximum atomic E-state index is 12.3. The summed E-state index contributed by atoms with van der Waals surface area (Å²) in [5, 5.41) is 2.75. The van der Waals surface area contributed by atoms with Crippen LogP contribution in [0.1, 0.15) is 16.2 Å². The third-order valence-corrected chi connectivity index (χ3v) is 3.30. The lowest BCUT2D eigenvalue weighted by Gasteiger charge is -2.08. The van der Waals surface area contributed by atoms with Crippen molar-refractivity contribution in [2.24, 2.45) is 0 Å². The van der Waals surface area contributed by atoms with Crippen molar-refractivity contribution >= 4 is 11.7 Å². The highest BCUT2D eigenvalue weighted by atomic mass is 16.5. The Balaban J connectivity index is 1.83. The fourth-order valence-corrected chi connectivity index (χ4v) is 2.12. The van der Waals surface area contributed by atoms with Gasteiger partial charge in [-0.3, -0.25) is 9.36 Å². The van der Waals surface area contributed by atoms with Gasteiger partial charge < -0.3 is 10.1 Å². The summed E-state index contributed by atoms with van der Waals surface area (Å²) in [6.45, 7) is 1.87. The maximum absolute atomic E-state index is 12.3. The summed E-state index contributed by atoms with van der Waals surface area (Å²) in [7, 11) is 1.56. The lowest BCUT2D eigenvalue weighted by Crippen LogP contribution is -2.13. The number of aromatic nitrogens is 4.